The summed E-state index contributed by atoms with van der Waals surface area (Å²) >= 11 is 0.0736. The number of hydrogen-bond donors (Lipinski definition) is 1. The van der Waals surface area contributed by atoms with Crippen LogP contribution in [-0.4, -0.2) is 57.5 Å². The Morgan fingerprint density at radius 2 is 0.976 bits per heavy atom. The van der Waals surface area contributed by atoms with Crippen molar-refractivity contribution in [1.82, 2.24) is 0 Å². The van der Waals surface area contributed by atoms with Gasteiger partial charge in [0.05, 0.1) is 19.6 Å². The summed E-state index contributed by atoms with van der Waals surface area (Å²) in [5.41, 5.74) is 0. The molecular formula is C36H72O5Sn. The quantitative estimate of drug-likeness (QED) is 0.0477. The van der Waals surface area contributed by atoms with E-state index in [0.29, 0.717) is 25.0 Å². The molecule has 42 heavy (non-hydrogen) atoms. The molecule has 1 atom stereocenters. The van der Waals surface area contributed by atoms with Crippen molar-refractivity contribution in [1.29, 1.82) is 0 Å². The van der Waals surface area contributed by atoms with Crippen LogP contribution in [0.2, 0.25) is 8.87 Å². The molecule has 0 rings (SSSR count). The third-order valence-electron chi connectivity index (χ3n) is 7.41. The van der Waals surface area contributed by atoms with Gasteiger partial charge in [0.25, 0.3) is 0 Å². The minimum atomic E-state index is -1.43. The van der Waals surface area contributed by atoms with Gasteiger partial charge in [-0.3, -0.25) is 4.79 Å². The molecule has 5 nitrogen and oxygen atoms in total. The van der Waals surface area contributed by atoms with Crippen LogP contribution in [0, 0.1) is 11.8 Å². The number of ether oxygens (including phenoxy) is 2. The monoisotopic (exact) mass is 704 g/mol. The van der Waals surface area contributed by atoms with Gasteiger partial charge >= 0.3 is 133 Å². The maximum atomic E-state index is 11.6. The predicted octanol–water partition coefficient (Wildman–Crippen LogP) is 10.5. The number of carbonyl (C=O) groups is 2. The van der Waals surface area contributed by atoms with Gasteiger partial charge in [-0.15, -0.1) is 0 Å². The van der Waals surface area contributed by atoms with E-state index in [1.807, 2.05) is 0 Å². The fourth-order valence-corrected chi connectivity index (χ4v) is 8.17. The summed E-state index contributed by atoms with van der Waals surface area (Å²) in [6.07, 6.45) is 24.3. The average molecular weight is 704 g/mol. The Morgan fingerprint density at radius 3 is 1.43 bits per heavy atom. The van der Waals surface area contributed by atoms with Gasteiger partial charge in [0.2, 0.25) is 0 Å². The summed E-state index contributed by atoms with van der Waals surface area (Å²) in [6, 6.07) is 0. The predicted molar refractivity (Wildman–Crippen MR) is 181 cm³/mol. The average Bonchev–Trinajstić information content (AvgIpc) is 2.95. The van der Waals surface area contributed by atoms with E-state index in [1.165, 1.54) is 77.0 Å². The number of aliphatic hydroxyl groups excluding tert-OH is 1. The van der Waals surface area contributed by atoms with Gasteiger partial charge in [-0.05, 0) is 24.7 Å². The van der Waals surface area contributed by atoms with Crippen molar-refractivity contribution in [2.45, 2.75) is 191 Å². The molecule has 1 unspecified atom stereocenters. The van der Waals surface area contributed by atoms with E-state index in [4.69, 9.17) is 9.47 Å². The van der Waals surface area contributed by atoms with Crippen molar-refractivity contribution in [3.8, 4) is 0 Å². The molecule has 0 heterocycles. The molecule has 0 aliphatic carbocycles. The van der Waals surface area contributed by atoms with Crippen molar-refractivity contribution in [3.63, 3.8) is 0 Å². The van der Waals surface area contributed by atoms with Crippen LogP contribution in [0.3, 0.4) is 0 Å². The van der Waals surface area contributed by atoms with E-state index in [-0.39, 0.29) is 27.6 Å². The van der Waals surface area contributed by atoms with Crippen molar-refractivity contribution in [2.24, 2.45) is 11.8 Å². The first kappa shape index (κ1) is 43.8. The Bertz CT molecular complexity index is 553. The van der Waals surface area contributed by atoms with Gasteiger partial charge in [-0.1, -0.05) is 66.2 Å². The van der Waals surface area contributed by atoms with E-state index < -0.39 is 18.0 Å². The SMILES string of the molecule is CC(C)CCCCCOC(=O)CC(O)C(=O)OCCCCCC(C)C.CCCCCCC[CH2][Sn][CH2]CCCCCCC. The Labute approximate surface area is 272 Å². The Kier molecular flexibility index (Phi) is 36.7. The van der Waals surface area contributed by atoms with E-state index in [9.17, 15) is 14.7 Å². The molecule has 0 aromatic carbocycles. The second-order valence-electron chi connectivity index (χ2n) is 12.9. The zero-order chi connectivity index (χ0) is 31.7. The Morgan fingerprint density at radius 1 is 0.571 bits per heavy atom. The standard InChI is InChI=1S/C20H38O5.2C8H17.Sn/c1-16(2)11-7-5-9-13-24-19(22)15-18(21)20(23)25-14-10-6-8-12-17(3)4;2*1-3-5-7-8-6-4-2;/h16-18,21H,5-15H2,1-4H3;2*1,3-8H2,2H3;. The van der Waals surface area contributed by atoms with E-state index in [2.05, 4.69) is 41.5 Å². The molecule has 0 aliphatic rings. The summed E-state index contributed by atoms with van der Waals surface area (Å²) in [5, 5.41) is 9.69. The Hall–Kier alpha value is -0.301. The molecule has 1 N–H and O–H groups in total. The summed E-state index contributed by atoms with van der Waals surface area (Å²) < 4.78 is 13.4. The molecule has 250 valence electrons. The molecule has 0 saturated heterocycles. The van der Waals surface area contributed by atoms with Gasteiger partial charge in [-0.2, -0.15) is 0 Å². The normalized spacial score (nSPS) is 11.8. The minimum absolute atomic E-state index is 0.0736. The maximum absolute atomic E-state index is 11.6. The van der Waals surface area contributed by atoms with Gasteiger partial charge in [-0.25, -0.2) is 4.79 Å². The van der Waals surface area contributed by atoms with Crippen LogP contribution in [0.4, 0.5) is 0 Å². The van der Waals surface area contributed by atoms with E-state index in [0.717, 1.165) is 38.5 Å². The van der Waals surface area contributed by atoms with Crippen molar-refractivity contribution >= 4 is 33.1 Å². The van der Waals surface area contributed by atoms with Gasteiger partial charge < -0.3 is 14.6 Å². The van der Waals surface area contributed by atoms with Gasteiger partial charge in [0.1, 0.15) is 0 Å². The van der Waals surface area contributed by atoms with Gasteiger partial charge in [0.15, 0.2) is 6.10 Å². The molecule has 0 spiro atoms. The van der Waals surface area contributed by atoms with Crippen molar-refractivity contribution in [3.05, 3.63) is 0 Å². The van der Waals surface area contributed by atoms with Gasteiger partial charge in [0, 0.05) is 0 Å². The van der Waals surface area contributed by atoms with Crippen LogP contribution in [0.15, 0.2) is 0 Å². The number of esters is 2. The van der Waals surface area contributed by atoms with Crippen LogP contribution in [-0.2, 0) is 19.1 Å². The molecule has 6 heteroatoms. The number of unbranched alkanes of at least 4 members (excludes halogenated alkanes) is 14. The first-order valence-electron chi connectivity index (χ1n) is 17.9. The number of carbonyl (C=O) groups excluding carboxylic acids is 2. The molecule has 0 aromatic heterocycles. The topological polar surface area (TPSA) is 72.8 Å². The molecule has 0 fully saturated rings. The fraction of sp³-hybridized carbons (Fsp3) is 0.944. The van der Waals surface area contributed by atoms with Crippen LogP contribution < -0.4 is 0 Å². The summed E-state index contributed by atoms with van der Waals surface area (Å²) in [5.74, 6) is 0.0903. The van der Waals surface area contributed by atoms with Crippen molar-refractivity contribution in [2.75, 3.05) is 13.2 Å². The molecule has 2 radical (unpaired) electrons. The summed E-state index contributed by atoms with van der Waals surface area (Å²) in [4.78, 5) is 23.2. The van der Waals surface area contributed by atoms with Crippen LogP contribution in [0.1, 0.15) is 176 Å². The Balaban J connectivity index is 0. The summed E-state index contributed by atoms with van der Waals surface area (Å²) in [6.45, 7) is 14.0. The zero-order valence-corrected chi connectivity index (χ0v) is 31.8. The van der Waals surface area contributed by atoms with E-state index >= 15 is 0 Å². The van der Waals surface area contributed by atoms with Crippen LogP contribution in [0.5, 0.6) is 0 Å². The second-order valence-corrected chi connectivity index (χ2v) is 17.2. The molecule has 0 aromatic rings. The molecule has 0 saturated carbocycles. The second kappa shape index (κ2) is 35.2. The van der Waals surface area contributed by atoms with Crippen molar-refractivity contribution < 1.29 is 24.2 Å². The molecular weight excluding hydrogens is 631 g/mol. The number of rotatable bonds is 29. The number of hydrogen-bond acceptors (Lipinski definition) is 5. The molecule has 0 bridgehead atoms. The zero-order valence-electron chi connectivity index (χ0n) is 29.0. The first-order valence-corrected chi connectivity index (χ1v) is 22.0. The first-order chi connectivity index (χ1) is 20.2. The van der Waals surface area contributed by atoms with Crippen LogP contribution in [0.25, 0.3) is 0 Å². The number of aliphatic hydroxyl groups is 1. The van der Waals surface area contributed by atoms with E-state index in [1.54, 1.807) is 21.7 Å². The third-order valence-corrected chi connectivity index (χ3v) is 11.4. The third kappa shape index (κ3) is 37.7. The fourth-order valence-electron chi connectivity index (χ4n) is 4.60. The van der Waals surface area contributed by atoms with Crippen LogP contribution >= 0.6 is 0 Å². The molecule has 0 aliphatic heterocycles. The summed E-state index contributed by atoms with van der Waals surface area (Å²) in [7, 11) is 0. The molecule has 0 amide bonds.